The molecule has 0 bridgehead atoms. The number of hydrogen-bond donors (Lipinski definition) is 3. The average Bonchev–Trinajstić information content (AvgIpc) is 2.37. The second kappa shape index (κ2) is 5.80. The molecule has 0 spiro atoms. The number of nitrogens with two attached hydrogens (primary N) is 1. The number of carboxylic acid groups (broad SMARTS) is 1. The summed E-state index contributed by atoms with van der Waals surface area (Å²) in [5, 5.41) is 11.4. The number of carbonyl (C=O) groups excluding carboxylic acids is 1. The Morgan fingerprint density at radius 2 is 1.90 bits per heavy atom. The number of halogens is 2. The van der Waals surface area contributed by atoms with Crippen molar-refractivity contribution in [3.8, 4) is 0 Å². The number of amides is 1. The van der Waals surface area contributed by atoms with Gasteiger partial charge >= 0.3 is 5.97 Å². The van der Waals surface area contributed by atoms with E-state index in [1.165, 1.54) is 30.3 Å². The molecule has 7 heteroatoms. The second-order valence-corrected chi connectivity index (χ2v) is 4.66. The first-order valence-corrected chi connectivity index (χ1v) is 6.15. The van der Waals surface area contributed by atoms with Gasteiger partial charge in [0.15, 0.2) is 0 Å². The minimum Gasteiger partial charge on any atom is -0.478 e. The smallest absolute Gasteiger partial charge is 0.335 e. The molecule has 1 amide bonds. The van der Waals surface area contributed by atoms with Crippen LogP contribution in [0.3, 0.4) is 0 Å². The Morgan fingerprint density at radius 3 is 2.52 bits per heavy atom. The van der Waals surface area contributed by atoms with E-state index in [1.807, 2.05) is 0 Å². The van der Waals surface area contributed by atoms with Crippen molar-refractivity contribution in [1.29, 1.82) is 0 Å². The van der Waals surface area contributed by atoms with Crippen LogP contribution in [0, 0.1) is 5.82 Å². The lowest BCUT2D eigenvalue weighted by Crippen LogP contribution is -2.14. The van der Waals surface area contributed by atoms with Gasteiger partial charge in [0.05, 0.1) is 11.1 Å². The second-order valence-electron chi connectivity index (χ2n) is 4.23. The highest BCUT2D eigenvalue weighted by atomic mass is 35.5. The van der Waals surface area contributed by atoms with Crippen molar-refractivity contribution in [3.63, 3.8) is 0 Å². The van der Waals surface area contributed by atoms with Gasteiger partial charge in [-0.05, 0) is 36.4 Å². The third-order valence-corrected chi connectivity index (χ3v) is 2.86. The van der Waals surface area contributed by atoms with Crippen molar-refractivity contribution in [2.75, 3.05) is 11.1 Å². The summed E-state index contributed by atoms with van der Waals surface area (Å²) in [6.07, 6.45) is 0. The van der Waals surface area contributed by atoms with E-state index in [0.29, 0.717) is 0 Å². The van der Waals surface area contributed by atoms with Crippen LogP contribution in [0.4, 0.5) is 15.8 Å². The van der Waals surface area contributed by atoms with Crippen LogP contribution in [0.5, 0.6) is 0 Å². The molecule has 2 aromatic carbocycles. The summed E-state index contributed by atoms with van der Waals surface area (Å²) in [7, 11) is 0. The van der Waals surface area contributed by atoms with Crippen LogP contribution >= 0.6 is 11.6 Å². The minimum absolute atomic E-state index is 0.0874. The van der Waals surface area contributed by atoms with E-state index < -0.39 is 17.7 Å². The SMILES string of the molecule is Nc1ccc(C(=O)Nc2cc(Cl)cc(C(=O)O)c2)c(F)c1. The molecule has 0 radical (unpaired) electrons. The molecule has 4 N–H and O–H groups in total. The minimum atomic E-state index is -1.19. The van der Waals surface area contributed by atoms with E-state index in [4.69, 9.17) is 22.4 Å². The Bertz CT molecular complexity index is 734. The lowest BCUT2D eigenvalue weighted by Gasteiger charge is -2.08. The van der Waals surface area contributed by atoms with Gasteiger partial charge in [-0.15, -0.1) is 0 Å². The normalized spacial score (nSPS) is 10.2. The lowest BCUT2D eigenvalue weighted by molar-refractivity contribution is 0.0696. The molecule has 108 valence electrons. The fraction of sp³-hybridized carbons (Fsp3) is 0. The van der Waals surface area contributed by atoms with Crippen LogP contribution in [0.15, 0.2) is 36.4 Å². The zero-order chi connectivity index (χ0) is 15.6. The summed E-state index contributed by atoms with van der Waals surface area (Å²) in [6.45, 7) is 0. The van der Waals surface area contributed by atoms with E-state index in [2.05, 4.69) is 5.32 Å². The van der Waals surface area contributed by atoms with Gasteiger partial charge in [0.2, 0.25) is 0 Å². The first-order chi connectivity index (χ1) is 9.86. The van der Waals surface area contributed by atoms with Gasteiger partial charge in [-0.25, -0.2) is 9.18 Å². The first-order valence-electron chi connectivity index (χ1n) is 5.77. The molecule has 0 unspecified atom stereocenters. The van der Waals surface area contributed by atoms with Gasteiger partial charge in [0, 0.05) is 16.4 Å². The Labute approximate surface area is 124 Å². The van der Waals surface area contributed by atoms with Gasteiger partial charge in [0.25, 0.3) is 5.91 Å². The van der Waals surface area contributed by atoms with Gasteiger partial charge in [0.1, 0.15) is 5.82 Å². The summed E-state index contributed by atoms with van der Waals surface area (Å²) in [5.74, 6) is -2.69. The van der Waals surface area contributed by atoms with Gasteiger partial charge in [-0.1, -0.05) is 11.6 Å². The highest BCUT2D eigenvalue weighted by Gasteiger charge is 2.13. The number of carboxylic acids is 1. The molecule has 0 aliphatic rings. The van der Waals surface area contributed by atoms with E-state index in [-0.39, 0.29) is 27.5 Å². The van der Waals surface area contributed by atoms with Crippen molar-refractivity contribution >= 4 is 34.9 Å². The Hall–Kier alpha value is -2.60. The molecular formula is C14H10ClFN2O3. The number of anilines is 2. The van der Waals surface area contributed by atoms with E-state index in [9.17, 15) is 14.0 Å². The molecule has 2 aromatic rings. The molecular weight excluding hydrogens is 299 g/mol. The third kappa shape index (κ3) is 3.49. The molecule has 0 aliphatic carbocycles. The van der Waals surface area contributed by atoms with Crippen molar-refractivity contribution in [1.82, 2.24) is 0 Å². The average molecular weight is 309 g/mol. The number of nitrogens with one attached hydrogen (secondary N) is 1. The largest absolute Gasteiger partial charge is 0.478 e. The topological polar surface area (TPSA) is 92.4 Å². The zero-order valence-electron chi connectivity index (χ0n) is 10.6. The monoisotopic (exact) mass is 308 g/mol. The Kier molecular flexibility index (Phi) is 4.09. The summed E-state index contributed by atoms with van der Waals surface area (Å²) in [6, 6.07) is 7.47. The number of benzene rings is 2. The fourth-order valence-electron chi connectivity index (χ4n) is 1.70. The van der Waals surface area contributed by atoms with Crippen LogP contribution in [0.1, 0.15) is 20.7 Å². The van der Waals surface area contributed by atoms with Gasteiger partial charge in [-0.2, -0.15) is 0 Å². The van der Waals surface area contributed by atoms with E-state index in [0.717, 1.165) is 6.07 Å². The van der Waals surface area contributed by atoms with Gasteiger partial charge in [-0.3, -0.25) is 4.79 Å². The maximum Gasteiger partial charge on any atom is 0.335 e. The van der Waals surface area contributed by atoms with E-state index in [1.54, 1.807) is 0 Å². The molecule has 21 heavy (non-hydrogen) atoms. The molecule has 0 aliphatic heterocycles. The molecule has 0 atom stereocenters. The standard InChI is InChI=1S/C14H10ClFN2O3/c15-8-3-7(14(20)21)4-10(5-8)18-13(19)11-2-1-9(17)6-12(11)16/h1-6H,17H2,(H,18,19)(H,20,21). The predicted molar refractivity (Wildman–Crippen MR) is 77.2 cm³/mol. The molecule has 0 heterocycles. The van der Waals surface area contributed by atoms with Crippen molar-refractivity contribution in [2.45, 2.75) is 0 Å². The Balaban J connectivity index is 2.29. The molecule has 5 nitrogen and oxygen atoms in total. The zero-order valence-corrected chi connectivity index (χ0v) is 11.3. The number of nitrogen functional groups attached to an aromatic ring is 1. The van der Waals surface area contributed by atoms with Crippen LogP contribution in [-0.4, -0.2) is 17.0 Å². The first kappa shape index (κ1) is 14.8. The highest BCUT2D eigenvalue weighted by Crippen LogP contribution is 2.21. The van der Waals surface area contributed by atoms with Crippen LogP contribution in [-0.2, 0) is 0 Å². The number of carbonyl (C=O) groups is 2. The van der Waals surface area contributed by atoms with E-state index >= 15 is 0 Å². The Morgan fingerprint density at radius 1 is 1.19 bits per heavy atom. The highest BCUT2D eigenvalue weighted by molar-refractivity contribution is 6.31. The number of aromatic carboxylic acids is 1. The molecule has 0 aromatic heterocycles. The van der Waals surface area contributed by atoms with Crippen molar-refractivity contribution in [3.05, 3.63) is 58.4 Å². The van der Waals surface area contributed by atoms with Crippen LogP contribution in [0.25, 0.3) is 0 Å². The summed E-state index contributed by atoms with van der Waals surface area (Å²) >= 11 is 5.77. The quantitative estimate of drug-likeness (QED) is 0.760. The maximum absolute atomic E-state index is 13.6. The van der Waals surface area contributed by atoms with Crippen LogP contribution < -0.4 is 11.1 Å². The van der Waals surface area contributed by atoms with Crippen molar-refractivity contribution < 1.29 is 19.1 Å². The molecule has 0 saturated carbocycles. The van der Waals surface area contributed by atoms with Crippen molar-refractivity contribution in [2.24, 2.45) is 0 Å². The molecule has 2 rings (SSSR count). The fourth-order valence-corrected chi connectivity index (χ4v) is 1.93. The lowest BCUT2D eigenvalue weighted by atomic mass is 10.1. The van der Waals surface area contributed by atoms with Gasteiger partial charge < -0.3 is 16.2 Å². The maximum atomic E-state index is 13.6. The number of hydrogen-bond acceptors (Lipinski definition) is 3. The molecule has 0 fully saturated rings. The molecule has 0 saturated heterocycles. The summed E-state index contributed by atoms with van der Waals surface area (Å²) < 4.78 is 13.6. The van der Waals surface area contributed by atoms with Crippen LogP contribution in [0.2, 0.25) is 5.02 Å². The summed E-state index contributed by atoms with van der Waals surface area (Å²) in [5.41, 5.74) is 5.45. The number of rotatable bonds is 3. The third-order valence-electron chi connectivity index (χ3n) is 2.64. The predicted octanol–water partition coefficient (Wildman–Crippen LogP) is 3.01. The summed E-state index contributed by atoms with van der Waals surface area (Å²) in [4.78, 5) is 22.9.